The molecule has 3 aromatic rings. The van der Waals surface area contributed by atoms with Crippen LogP contribution >= 0.6 is 0 Å². The summed E-state index contributed by atoms with van der Waals surface area (Å²) in [5.74, 6) is 0.103. The van der Waals surface area contributed by atoms with Crippen molar-refractivity contribution in [2.24, 2.45) is 0 Å². The summed E-state index contributed by atoms with van der Waals surface area (Å²) < 4.78 is 9.20. The highest BCUT2D eigenvalue weighted by Crippen LogP contribution is 2.40. The van der Waals surface area contributed by atoms with Gasteiger partial charge < -0.3 is 19.5 Å². The average Bonchev–Trinajstić information content (AvgIpc) is 3.56. The number of nitrogens with one attached hydrogen (secondary N) is 1. The maximum atomic E-state index is 12.2. The van der Waals surface area contributed by atoms with E-state index in [4.69, 9.17) is 4.74 Å². The van der Waals surface area contributed by atoms with Crippen LogP contribution < -0.4 is 20.8 Å². The van der Waals surface area contributed by atoms with Crippen LogP contribution in [0.2, 0.25) is 0 Å². The summed E-state index contributed by atoms with van der Waals surface area (Å²) in [6.45, 7) is 11.1. The highest BCUT2D eigenvalue weighted by molar-refractivity contribution is 5.94. The molecule has 5 heteroatoms. The molecule has 0 aliphatic carbocycles. The van der Waals surface area contributed by atoms with Crippen molar-refractivity contribution in [3.8, 4) is 12.8 Å². The SMILES string of the molecule is C#C.CC.CC[C@H]1OC(C)(C)n2c(/c(=C3/CNC(=O)C3)c3ccccc32)=C2Cc3ccccc3N21. The summed E-state index contributed by atoms with van der Waals surface area (Å²) in [5.41, 5.74) is 5.63. The van der Waals surface area contributed by atoms with Gasteiger partial charge in [0.15, 0.2) is 0 Å². The van der Waals surface area contributed by atoms with Crippen molar-refractivity contribution >= 4 is 33.8 Å². The average molecular weight is 470 g/mol. The molecule has 6 rings (SSSR count). The van der Waals surface area contributed by atoms with Gasteiger partial charge >= 0.3 is 0 Å². The van der Waals surface area contributed by atoms with Crippen LogP contribution in [0.5, 0.6) is 0 Å². The van der Waals surface area contributed by atoms with Crippen LogP contribution in [-0.2, 0) is 21.7 Å². The second kappa shape index (κ2) is 9.64. The van der Waals surface area contributed by atoms with Gasteiger partial charge in [-0.2, -0.15) is 0 Å². The molecule has 4 heterocycles. The molecule has 2 aromatic carbocycles. The van der Waals surface area contributed by atoms with Crippen LogP contribution in [-0.4, -0.2) is 23.2 Å². The van der Waals surface area contributed by atoms with Gasteiger partial charge in [-0.15, -0.1) is 12.8 Å². The fraction of sp³-hybridized carbons (Fsp3) is 0.367. The summed E-state index contributed by atoms with van der Waals surface area (Å²) in [6.07, 6.45) is 10.2. The fourth-order valence-corrected chi connectivity index (χ4v) is 5.67. The molecule has 1 N–H and O–H groups in total. The number of aromatic nitrogens is 1. The van der Waals surface area contributed by atoms with E-state index >= 15 is 0 Å². The first-order valence-electron chi connectivity index (χ1n) is 12.5. The van der Waals surface area contributed by atoms with E-state index in [0.717, 1.165) is 18.4 Å². The monoisotopic (exact) mass is 469 g/mol. The lowest BCUT2D eigenvalue weighted by Gasteiger charge is -2.35. The molecular formula is C30H35N3O2. The summed E-state index contributed by atoms with van der Waals surface area (Å²) in [6, 6.07) is 17.2. The molecule has 1 amide bonds. The molecule has 0 spiro atoms. The normalized spacial score (nSPS) is 21.0. The predicted molar refractivity (Wildman–Crippen MR) is 144 cm³/mol. The van der Waals surface area contributed by atoms with Crippen molar-refractivity contribution in [1.29, 1.82) is 0 Å². The van der Waals surface area contributed by atoms with Gasteiger partial charge in [-0.3, -0.25) is 4.79 Å². The number of carbonyl (C=O) groups is 1. The number of rotatable bonds is 1. The molecule has 35 heavy (non-hydrogen) atoms. The number of hydrogen-bond donors (Lipinski definition) is 1. The number of amides is 1. The Morgan fingerprint density at radius 2 is 1.74 bits per heavy atom. The maximum absolute atomic E-state index is 12.2. The van der Waals surface area contributed by atoms with Crippen LogP contribution in [0, 0.1) is 12.8 Å². The standard InChI is InChI=1S/C26H27N3O2.C2H6.C2H2/c1-4-23-28-19-11-7-5-9-16(19)13-21(28)25-24(17-14-22(30)27-15-17)18-10-6-8-12-20(18)29(25)26(2,3)31-23;2*1-2/h5-12,23H,4,13-15H2,1-3H3,(H,27,30);1-2H3;1-2H/b24-17+;;/t23-;;/m1../s1. The highest BCUT2D eigenvalue weighted by atomic mass is 16.5. The quantitative estimate of drug-likeness (QED) is 0.543. The third-order valence-electron chi connectivity index (χ3n) is 6.87. The minimum atomic E-state index is -0.531. The molecule has 5 nitrogen and oxygen atoms in total. The van der Waals surface area contributed by atoms with Crippen molar-refractivity contribution in [2.75, 3.05) is 11.4 Å². The molecule has 0 radical (unpaired) electrons. The zero-order valence-corrected chi connectivity index (χ0v) is 21.4. The van der Waals surface area contributed by atoms with Crippen LogP contribution in [0.3, 0.4) is 0 Å². The van der Waals surface area contributed by atoms with Crippen LogP contribution in [0.1, 0.15) is 53.0 Å². The molecule has 1 atom stereocenters. The lowest BCUT2D eigenvalue weighted by atomic mass is 10.1. The minimum Gasteiger partial charge on any atom is -0.352 e. The Bertz CT molecular complexity index is 1410. The van der Waals surface area contributed by atoms with E-state index in [1.54, 1.807) is 0 Å². The third-order valence-corrected chi connectivity index (χ3v) is 6.87. The van der Waals surface area contributed by atoms with Crippen LogP contribution in [0.25, 0.3) is 22.2 Å². The molecule has 0 saturated carbocycles. The molecule has 0 unspecified atom stereocenters. The number of carbonyl (C=O) groups excluding carboxylic acids is 1. The number of benzene rings is 2. The Morgan fingerprint density at radius 1 is 1.06 bits per heavy atom. The van der Waals surface area contributed by atoms with Gasteiger partial charge in [-0.05, 0) is 43.5 Å². The predicted octanol–water partition coefficient (Wildman–Crippen LogP) is 4.22. The van der Waals surface area contributed by atoms with E-state index in [1.807, 2.05) is 13.8 Å². The highest BCUT2D eigenvalue weighted by Gasteiger charge is 2.40. The molecule has 3 aliphatic rings. The van der Waals surface area contributed by atoms with Crippen molar-refractivity contribution < 1.29 is 9.53 Å². The van der Waals surface area contributed by atoms with E-state index in [2.05, 4.69) is 96.9 Å². The van der Waals surface area contributed by atoms with Gasteiger partial charge in [-0.25, -0.2) is 0 Å². The Kier molecular flexibility index (Phi) is 6.78. The first-order chi connectivity index (χ1) is 17.0. The molecule has 1 saturated heterocycles. The van der Waals surface area contributed by atoms with Crippen molar-refractivity contribution in [2.45, 2.75) is 65.8 Å². The van der Waals surface area contributed by atoms with Crippen molar-refractivity contribution in [3.63, 3.8) is 0 Å². The van der Waals surface area contributed by atoms with E-state index in [1.165, 1.54) is 38.5 Å². The second-order valence-corrected chi connectivity index (χ2v) is 9.18. The number of para-hydroxylation sites is 2. The van der Waals surface area contributed by atoms with E-state index in [9.17, 15) is 4.79 Å². The number of ether oxygens (including phenoxy) is 1. The molecule has 3 aliphatic heterocycles. The fourth-order valence-electron chi connectivity index (χ4n) is 5.67. The number of anilines is 1. The lowest BCUT2D eigenvalue weighted by molar-refractivity contribution is -0.118. The molecule has 182 valence electrons. The first-order valence-corrected chi connectivity index (χ1v) is 12.5. The largest absolute Gasteiger partial charge is 0.352 e. The molecule has 0 bridgehead atoms. The van der Waals surface area contributed by atoms with E-state index in [0.29, 0.717) is 13.0 Å². The van der Waals surface area contributed by atoms with Gasteiger partial charge in [0, 0.05) is 35.0 Å². The van der Waals surface area contributed by atoms with Crippen LogP contribution in [0.4, 0.5) is 5.69 Å². The minimum absolute atomic E-state index is 0.0477. The van der Waals surface area contributed by atoms with E-state index < -0.39 is 5.72 Å². The lowest BCUT2D eigenvalue weighted by Crippen LogP contribution is -2.42. The van der Waals surface area contributed by atoms with Gasteiger partial charge in [0.05, 0.1) is 17.3 Å². The van der Waals surface area contributed by atoms with Gasteiger partial charge in [-0.1, -0.05) is 57.2 Å². The van der Waals surface area contributed by atoms with E-state index in [-0.39, 0.29) is 12.1 Å². The van der Waals surface area contributed by atoms with Gasteiger partial charge in [0.1, 0.15) is 12.0 Å². The first kappa shape index (κ1) is 24.6. The maximum Gasteiger partial charge on any atom is 0.224 e. The molecule has 1 aromatic heterocycles. The van der Waals surface area contributed by atoms with Gasteiger partial charge in [0.2, 0.25) is 5.91 Å². The van der Waals surface area contributed by atoms with Crippen LogP contribution in [0.15, 0.2) is 48.5 Å². The van der Waals surface area contributed by atoms with Gasteiger partial charge in [0.25, 0.3) is 0 Å². The number of hydrogen-bond acceptors (Lipinski definition) is 3. The summed E-state index contributed by atoms with van der Waals surface area (Å²) in [7, 11) is 0. The Labute approximate surface area is 208 Å². The van der Waals surface area contributed by atoms with Crippen molar-refractivity contribution in [3.05, 3.63) is 64.7 Å². The third kappa shape index (κ3) is 3.83. The smallest absolute Gasteiger partial charge is 0.224 e. The Balaban J connectivity index is 0.000000689. The summed E-state index contributed by atoms with van der Waals surface area (Å²) >= 11 is 0. The molecular weight excluding hydrogens is 434 g/mol. The number of fused-ring (bicyclic) bond motifs is 6. The topological polar surface area (TPSA) is 46.5 Å². The number of nitrogens with zero attached hydrogens (tertiary/aromatic N) is 2. The Hall–Kier alpha value is -3.49. The Morgan fingerprint density at radius 3 is 2.43 bits per heavy atom. The molecule has 1 fully saturated rings. The van der Waals surface area contributed by atoms with Crippen molar-refractivity contribution in [1.82, 2.24) is 9.88 Å². The summed E-state index contributed by atoms with van der Waals surface area (Å²) in [5, 5.41) is 6.62. The zero-order valence-electron chi connectivity index (χ0n) is 21.4. The second-order valence-electron chi connectivity index (χ2n) is 9.18. The zero-order chi connectivity index (χ0) is 25.3. The number of terminal acetylenes is 1. The summed E-state index contributed by atoms with van der Waals surface area (Å²) in [4.78, 5) is 14.6.